The van der Waals surface area contributed by atoms with E-state index in [1.165, 1.54) is 6.07 Å². The number of nitrogens with zero attached hydrogens (tertiary/aromatic N) is 1. The minimum atomic E-state index is -0.280. The molecule has 0 radical (unpaired) electrons. The van der Waals surface area contributed by atoms with Crippen LogP contribution in [0.25, 0.3) is 0 Å². The van der Waals surface area contributed by atoms with E-state index in [0.29, 0.717) is 43.7 Å². The zero-order valence-corrected chi connectivity index (χ0v) is 20.5. The molecule has 1 fully saturated rings. The van der Waals surface area contributed by atoms with E-state index in [2.05, 4.69) is 21.3 Å². The summed E-state index contributed by atoms with van der Waals surface area (Å²) in [4.78, 5) is 38.5. The summed E-state index contributed by atoms with van der Waals surface area (Å²) >= 11 is 0. The summed E-state index contributed by atoms with van der Waals surface area (Å²) in [7, 11) is 0. The molecule has 0 bridgehead atoms. The first-order valence-electron chi connectivity index (χ1n) is 11.9. The van der Waals surface area contributed by atoms with Crippen LogP contribution in [-0.4, -0.2) is 42.0 Å². The Hall–Kier alpha value is -3.62. The summed E-state index contributed by atoms with van der Waals surface area (Å²) in [5.74, 6) is -0.512. The highest BCUT2D eigenvalue weighted by Gasteiger charge is 2.27. The Bertz CT molecular complexity index is 1030. The van der Waals surface area contributed by atoms with Gasteiger partial charge >= 0.3 is 12.1 Å². The second kappa shape index (κ2) is 12.2. The van der Waals surface area contributed by atoms with E-state index in [9.17, 15) is 18.8 Å². The monoisotopic (exact) mass is 483 g/mol. The van der Waals surface area contributed by atoms with E-state index in [1.807, 2.05) is 26.0 Å². The first-order chi connectivity index (χ1) is 16.7. The standard InChI is InChI=1S/C26H34FN5O3/c1-17(2)30-25(34)31-22-8-6-19(7-9-22)15-29-26(35)32-12-10-21(11-13-32)24(33)28-16-20-5-4-18(3)23(27)14-20/h4-9,14,17,21H,10-13,15-16H2,1-3H3,(H,28,33)(H,29,35)(H2,30,31,34). The second-order valence-corrected chi connectivity index (χ2v) is 9.17. The minimum absolute atomic E-state index is 0.0496. The number of anilines is 1. The molecule has 1 saturated heterocycles. The lowest BCUT2D eigenvalue weighted by Gasteiger charge is -2.31. The van der Waals surface area contributed by atoms with E-state index in [4.69, 9.17) is 0 Å². The number of hydrogen-bond donors (Lipinski definition) is 4. The Morgan fingerprint density at radius 1 is 0.971 bits per heavy atom. The van der Waals surface area contributed by atoms with Gasteiger partial charge < -0.3 is 26.2 Å². The number of rotatable bonds is 7. The summed E-state index contributed by atoms with van der Waals surface area (Å²) < 4.78 is 13.7. The number of urea groups is 2. The molecule has 0 spiro atoms. The van der Waals surface area contributed by atoms with E-state index >= 15 is 0 Å². The first-order valence-corrected chi connectivity index (χ1v) is 11.9. The predicted octanol–water partition coefficient (Wildman–Crippen LogP) is 3.90. The maximum Gasteiger partial charge on any atom is 0.319 e. The van der Waals surface area contributed by atoms with Crippen LogP contribution < -0.4 is 21.3 Å². The molecule has 0 aliphatic carbocycles. The third-order valence-corrected chi connectivity index (χ3v) is 5.93. The van der Waals surface area contributed by atoms with E-state index in [0.717, 1.165) is 11.1 Å². The lowest BCUT2D eigenvalue weighted by Crippen LogP contribution is -2.46. The fourth-order valence-corrected chi connectivity index (χ4v) is 3.85. The van der Waals surface area contributed by atoms with Gasteiger partial charge in [0.25, 0.3) is 0 Å². The van der Waals surface area contributed by atoms with Crippen molar-refractivity contribution in [3.63, 3.8) is 0 Å². The molecule has 8 nitrogen and oxygen atoms in total. The van der Waals surface area contributed by atoms with Crippen molar-refractivity contribution < 1.29 is 18.8 Å². The number of carbonyl (C=O) groups excluding carboxylic acids is 3. The van der Waals surface area contributed by atoms with Gasteiger partial charge in [0.2, 0.25) is 5.91 Å². The van der Waals surface area contributed by atoms with Crippen molar-refractivity contribution in [3.8, 4) is 0 Å². The number of hydrogen-bond acceptors (Lipinski definition) is 3. The number of carbonyl (C=O) groups is 3. The molecule has 0 unspecified atom stereocenters. The Balaban J connectivity index is 1.37. The lowest BCUT2D eigenvalue weighted by atomic mass is 9.96. The van der Waals surface area contributed by atoms with E-state index < -0.39 is 0 Å². The molecule has 2 aromatic rings. The van der Waals surface area contributed by atoms with Crippen molar-refractivity contribution in [3.05, 3.63) is 65.0 Å². The van der Waals surface area contributed by atoms with Crippen LogP contribution in [0.1, 0.15) is 43.4 Å². The molecule has 0 saturated carbocycles. The van der Waals surface area contributed by atoms with Gasteiger partial charge in [-0.15, -0.1) is 0 Å². The minimum Gasteiger partial charge on any atom is -0.352 e. The highest BCUT2D eigenvalue weighted by molar-refractivity contribution is 5.89. The van der Waals surface area contributed by atoms with Crippen molar-refractivity contribution >= 4 is 23.7 Å². The molecule has 4 N–H and O–H groups in total. The lowest BCUT2D eigenvalue weighted by molar-refractivity contribution is -0.126. The Labute approximate surface area is 205 Å². The van der Waals surface area contributed by atoms with Crippen molar-refractivity contribution in [2.45, 2.75) is 52.7 Å². The van der Waals surface area contributed by atoms with Crippen LogP contribution in [-0.2, 0) is 17.9 Å². The highest BCUT2D eigenvalue weighted by atomic mass is 19.1. The number of amides is 5. The van der Waals surface area contributed by atoms with Gasteiger partial charge in [0.05, 0.1) is 0 Å². The molecule has 1 heterocycles. The fourth-order valence-electron chi connectivity index (χ4n) is 3.85. The van der Waals surface area contributed by atoms with Crippen LogP contribution in [0.5, 0.6) is 0 Å². The molecule has 9 heteroatoms. The summed E-state index contributed by atoms with van der Waals surface area (Å²) in [6, 6.07) is 11.8. The number of likely N-dealkylation sites (tertiary alicyclic amines) is 1. The van der Waals surface area contributed by atoms with Crippen LogP contribution in [0.3, 0.4) is 0 Å². The van der Waals surface area contributed by atoms with Crippen LogP contribution in [0.4, 0.5) is 19.7 Å². The largest absolute Gasteiger partial charge is 0.352 e. The number of aryl methyl sites for hydroxylation is 1. The average Bonchev–Trinajstić information content (AvgIpc) is 2.83. The first kappa shape index (κ1) is 26.0. The molecule has 3 rings (SSSR count). The molecule has 2 aromatic carbocycles. The molecule has 188 valence electrons. The number of nitrogens with one attached hydrogen (secondary N) is 4. The Morgan fingerprint density at radius 3 is 2.23 bits per heavy atom. The summed E-state index contributed by atoms with van der Waals surface area (Å²) in [5.41, 5.74) is 2.88. The molecule has 0 atom stereocenters. The van der Waals surface area contributed by atoms with Gasteiger partial charge in [-0.05, 0) is 68.5 Å². The van der Waals surface area contributed by atoms with Gasteiger partial charge in [0, 0.05) is 43.8 Å². The van der Waals surface area contributed by atoms with Gasteiger partial charge in [-0.25, -0.2) is 14.0 Å². The van der Waals surface area contributed by atoms with Crippen molar-refractivity contribution in [1.29, 1.82) is 0 Å². The highest BCUT2D eigenvalue weighted by Crippen LogP contribution is 2.18. The van der Waals surface area contributed by atoms with Crippen LogP contribution in [0.2, 0.25) is 0 Å². The molecule has 35 heavy (non-hydrogen) atoms. The van der Waals surface area contributed by atoms with Crippen LogP contribution in [0, 0.1) is 18.7 Å². The molecular weight excluding hydrogens is 449 g/mol. The topological polar surface area (TPSA) is 103 Å². The zero-order chi connectivity index (χ0) is 25.4. The SMILES string of the molecule is Cc1ccc(CNC(=O)C2CCN(C(=O)NCc3ccc(NC(=O)NC(C)C)cc3)CC2)cc1F. The van der Waals surface area contributed by atoms with E-state index in [-0.39, 0.29) is 42.3 Å². The van der Waals surface area contributed by atoms with Crippen LogP contribution in [0.15, 0.2) is 42.5 Å². The van der Waals surface area contributed by atoms with Crippen LogP contribution >= 0.6 is 0 Å². The number of benzene rings is 2. The molecule has 5 amide bonds. The maximum absolute atomic E-state index is 13.7. The second-order valence-electron chi connectivity index (χ2n) is 9.17. The summed E-state index contributed by atoms with van der Waals surface area (Å²) in [6.45, 7) is 7.12. The molecule has 0 aromatic heterocycles. The summed E-state index contributed by atoms with van der Waals surface area (Å²) in [6.07, 6.45) is 1.17. The van der Waals surface area contributed by atoms with Gasteiger partial charge in [-0.1, -0.05) is 24.3 Å². The average molecular weight is 484 g/mol. The molecule has 1 aliphatic rings. The summed E-state index contributed by atoms with van der Waals surface area (Å²) in [5, 5.41) is 11.3. The third-order valence-electron chi connectivity index (χ3n) is 5.93. The molecular formula is C26H34FN5O3. The normalized spacial score (nSPS) is 13.9. The smallest absolute Gasteiger partial charge is 0.319 e. The van der Waals surface area contributed by atoms with Gasteiger partial charge in [-0.3, -0.25) is 4.79 Å². The van der Waals surface area contributed by atoms with Gasteiger partial charge in [0.15, 0.2) is 0 Å². The van der Waals surface area contributed by atoms with Crippen molar-refractivity contribution in [2.75, 3.05) is 18.4 Å². The Kier molecular flexibility index (Phi) is 9.05. The Morgan fingerprint density at radius 2 is 1.60 bits per heavy atom. The third kappa shape index (κ3) is 7.98. The van der Waals surface area contributed by atoms with Gasteiger partial charge in [0.1, 0.15) is 5.82 Å². The van der Waals surface area contributed by atoms with Crippen molar-refractivity contribution in [1.82, 2.24) is 20.9 Å². The van der Waals surface area contributed by atoms with Gasteiger partial charge in [-0.2, -0.15) is 0 Å². The predicted molar refractivity (Wildman–Crippen MR) is 133 cm³/mol. The van der Waals surface area contributed by atoms with E-state index in [1.54, 1.807) is 36.1 Å². The zero-order valence-electron chi connectivity index (χ0n) is 20.5. The molecule has 1 aliphatic heterocycles. The maximum atomic E-state index is 13.7. The number of piperidine rings is 1. The fraction of sp³-hybridized carbons (Fsp3) is 0.423. The quantitative estimate of drug-likeness (QED) is 0.480. The number of halogens is 1. The van der Waals surface area contributed by atoms with Crippen molar-refractivity contribution in [2.24, 2.45) is 5.92 Å².